The van der Waals surface area contributed by atoms with Crippen LogP contribution in [-0.2, 0) is 5.75 Å². The molecule has 1 amide bonds. The molecule has 0 atom stereocenters. The molecule has 1 aromatic heterocycles. The molecule has 0 unspecified atom stereocenters. The lowest BCUT2D eigenvalue weighted by Gasteiger charge is -2.04. The number of aromatic nitrogens is 2. The molecule has 1 N–H and O–H groups in total. The number of nitrogens with zero attached hydrogens (tertiary/aromatic N) is 3. The summed E-state index contributed by atoms with van der Waals surface area (Å²) in [6, 6.07) is 9.32. The number of ether oxygens (including phenoxy) is 1. The molecule has 0 spiro atoms. The van der Waals surface area contributed by atoms with E-state index in [4.69, 9.17) is 27.9 Å². The number of methoxy groups -OCH3 is 1. The summed E-state index contributed by atoms with van der Waals surface area (Å²) >= 11 is 14.4. The Hall–Kier alpha value is -2.40. The second-order valence-corrected chi connectivity index (χ2v) is 8.55. The summed E-state index contributed by atoms with van der Waals surface area (Å²) < 4.78 is 5.59. The number of amides is 1. The van der Waals surface area contributed by atoms with Crippen LogP contribution in [0, 0.1) is 10.1 Å². The summed E-state index contributed by atoms with van der Waals surface area (Å²) in [7, 11) is 1.38. The predicted molar refractivity (Wildman–Crippen MR) is 114 cm³/mol. The molecule has 8 nitrogen and oxygen atoms in total. The molecule has 29 heavy (non-hydrogen) atoms. The third kappa shape index (κ3) is 5.36. The smallest absolute Gasteiger partial charge is 0.311 e. The molecule has 0 fully saturated rings. The summed E-state index contributed by atoms with van der Waals surface area (Å²) in [6.45, 7) is 0. The molecule has 0 aliphatic heterocycles. The maximum Gasteiger partial charge on any atom is 0.311 e. The number of nitro groups is 1. The Balaban J connectivity index is 1.64. The SMILES string of the molecule is COc1ccc(CSc2nnc(NC(=O)c3ccc(Cl)cc3Cl)s2)cc1[N+](=O)[O-]. The first-order valence-corrected chi connectivity index (χ1v) is 10.5. The minimum Gasteiger partial charge on any atom is -0.490 e. The molecule has 3 aromatic rings. The highest BCUT2D eigenvalue weighted by atomic mass is 35.5. The second-order valence-electron chi connectivity index (χ2n) is 5.50. The molecule has 0 aliphatic rings. The first-order valence-electron chi connectivity index (χ1n) is 7.91. The van der Waals surface area contributed by atoms with Crippen LogP contribution in [0.15, 0.2) is 40.7 Å². The van der Waals surface area contributed by atoms with Crippen LogP contribution < -0.4 is 10.1 Å². The van der Waals surface area contributed by atoms with E-state index >= 15 is 0 Å². The Labute approximate surface area is 183 Å². The first-order chi connectivity index (χ1) is 13.9. The van der Waals surface area contributed by atoms with E-state index in [0.29, 0.717) is 20.2 Å². The van der Waals surface area contributed by atoms with Crippen molar-refractivity contribution in [2.24, 2.45) is 0 Å². The number of rotatable bonds is 7. The van der Waals surface area contributed by atoms with Gasteiger partial charge in [0.05, 0.1) is 22.6 Å². The number of anilines is 1. The van der Waals surface area contributed by atoms with Crippen molar-refractivity contribution in [2.75, 3.05) is 12.4 Å². The van der Waals surface area contributed by atoms with Crippen LogP contribution in [0.3, 0.4) is 0 Å². The van der Waals surface area contributed by atoms with Crippen LogP contribution in [-0.4, -0.2) is 28.1 Å². The van der Waals surface area contributed by atoms with Crippen molar-refractivity contribution in [3.63, 3.8) is 0 Å². The van der Waals surface area contributed by atoms with E-state index < -0.39 is 10.8 Å². The molecule has 150 valence electrons. The lowest BCUT2D eigenvalue weighted by Crippen LogP contribution is -2.12. The zero-order valence-electron chi connectivity index (χ0n) is 14.7. The van der Waals surface area contributed by atoms with Gasteiger partial charge >= 0.3 is 5.69 Å². The predicted octanol–water partition coefficient (Wildman–Crippen LogP) is 5.31. The van der Waals surface area contributed by atoms with Crippen molar-refractivity contribution in [1.29, 1.82) is 0 Å². The molecule has 3 rings (SSSR count). The fraction of sp³-hybridized carbons (Fsp3) is 0.118. The van der Waals surface area contributed by atoms with E-state index in [2.05, 4.69) is 15.5 Å². The van der Waals surface area contributed by atoms with Crippen molar-refractivity contribution in [3.05, 3.63) is 67.7 Å². The highest BCUT2D eigenvalue weighted by molar-refractivity contribution is 8.00. The van der Waals surface area contributed by atoms with Crippen molar-refractivity contribution in [1.82, 2.24) is 10.2 Å². The Kier molecular flexibility index (Phi) is 6.91. The van der Waals surface area contributed by atoms with Gasteiger partial charge in [0.15, 0.2) is 10.1 Å². The molecule has 0 saturated heterocycles. The van der Waals surface area contributed by atoms with E-state index in [9.17, 15) is 14.9 Å². The molecule has 2 aromatic carbocycles. The normalized spacial score (nSPS) is 10.6. The molecular weight excluding hydrogens is 459 g/mol. The fourth-order valence-corrected chi connectivity index (χ4v) is 4.45. The molecule has 1 heterocycles. The fourth-order valence-electron chi connectivity index (χ4n) is 2.27. The molecule has 0 bridgehead atoms. The van der Waals surface area contributed by atoms with Gasteiger partial charge in [-0.15, -0.1) is 10.2 Å². The van der Waals surface area contributed by atoms with Crippen molar-refractivity contribution >= 4 is 63.0 Å². The number of nitro benzene ring substituents is 1. The number of halogens is 2. The summed E-state index contributed by atoms with van der Waals surface area (Å²) in [5.74, 6) is 0.215. The van der Waals surface area contributed by atoms with Crippen LogP contribution in [0.5, 0.6) is 5.75 Å². The second kappa shape index (κ2) is 9.40. The summed E-state index contributed by atoms with van der Waals surface area (Å²) in [6.07, 6.45) is 0. The molecular formula is C17H12Cl2N4O4S2. The minimum absolute atomic E-state index is 0.101. The molecule has 0 radical (unpaired) electrons. The largest absolute Gasteiger partial charge is 0.490 e. The monoisotopic (exact) mass is 470 g/mol. The topological polar surface area (TPSA) is 107 Å². The van der Waals surface area contributed by atoms with Gasteiger partial charge in [0.2, 0.25) is 5.13 Å². The average molecular weight is 471 g/mol. The van der Waals surface area contributed by atoms with Crippen LogP contribution in [0.2, 0.25) is 10.0 Å². The summed E-state index contributed by atoms with van der Waals surface area (Å²) in [5.41, 5.74) is 0.901. The molecule has 0 saturated carbocycles. The van der Waals surface area contributed by atoms with Crippen LogP contribution in [0.25, 0.3) is 0 Å². The molecule has 0 aliphatic carbocycles. The number of carbonyl (C=O) groups is 1. The highest BCUT2D eigenvalue weighted by Gasteiger charge is 2.17. The third-order valence-electron chi connectivity index (χ3n) is 3.60. The summed E-state index contributed by atoms with van der Waals surface area (Å²) in [4.78, 5) is 22.9. The number of benzene rings is 2. The van der Waals surface area contributed by atoms with E-state index in [-0.39, 0.29) is 22.0 Å². The van der Waals surface area contributed by atoms with Crippen molar-refractivity contribution in [2.45, 2.75) is 10.1 Å². The van der Waals surface area contributed by atoms with Gasteiger partial charge < -0.3 is 4.74 Å². The molecule has 12 heteroatoms. The van der Waals surface area contributed by atoms with Crippen molar-refractivity contribution in [3.8, 4) is 5.75 Å². The number of hydrogen-bond donors (Lipinski definition) is 1. The van der Waals surface area contributed by atoms with Crippen LogP contribution >= 0.6 is 46.3 Å². The first kappa shape index (κ1) is 21.3. The van der Waals surface area contributed by atoms with Crippen molar-refractivity contribution < 1.29 is 14.5 Å². The van der Waals surface area contributed by atoms with Gasteiger partial charge in [-0.1, -0.05) is 52.4 Å². The van der Waals surface area contributed by atoms with Gasteiger partial charge in [0.1, 0.15) is 0 Å². The quantitative estimate of drug-likeness (QED) is 0.215. The minimum atomic E-state index is -0.493. The maximum absolute atomic E-state index is 12.3. The number of thioether (sulfide) groups is 1. The number of carbonyl (C=O) groups excluding carboxylic acids is 1. The Morgan fingerprint density at radius 3 is 2.76 bits per heavy atom. The van der Waals surface area contributed by atoms with Gasteiger partial charge in [-0.2, -0.15) is 0 Å². The Morgan fingerprint density at radius 2 is 2.07 bits per heavy atom. The number of nitrogens with one attached hydrogen (secondary N) is 1. The van der Waals surface area contributed by atoms with Gasteiger partial charge in [-0.3, -0.25) is 20.2 Å². The third-order valence-corrected chi connectivity index (χ3v) is 6.20. The van der Waals surface area contributed by atoms with E-state index in [0.717, 1.165) is 5.56 Å². The lowest BCUT2D eigenvalue weighted by atomic mass is 10.2. The van der Waals surface area contributed by atoms with Gasteiger partial charge in [-0.25, -0.2) is 0 Å². The van der Waals surface area contributed by atoms with Gasteiger partial charge in [0, 0.05) is 16.8 Å². The van der Waals surface area contributed by atoms with E-state index in [1.165, 1.54) is 48.4 Å². The van der Waals surface area contributed by atoms with E-state index in [1.54, 1.807) is 18.2 Å². The van der Waals surface area contributed by atoms with Gasteiger partial charge in [0.25, 0.3) is 5.91 Å². The van der Waals surface area contributed by atoms with Crippen LogP contribution in [0.1, 0.15) is 15.9 Å². The maximum atomic E-state index is 12.3. The average Bonchev–Trinajstić information content (AvgIpc) is 3.13. The number of hydrogen-bond acceptors (Lipinski definition) is 8. The van der Waals surface area contributed by atoms with Crippen LogP contribution in [0.4, 0.5) is 10.8 Å². The Morgan fingerprint density at radius 1 is 1.28 bits per heavy atom. The lowest BCUT2D eigenvalue weighted by molar-refractivity contribution is -0.385. The zero-order valence-corrected chi connectivity index (χ0v) is 17.9. The zero-order chi connectivity index (χ0) is 21.0. The summed E-state index contributed by atoms with van der Waals surface area (Å²) in [5, 5.41) is 22.7. The highest BCUT2D eigenvalue weighted by Crippen LogP contribution is 2.32. The van der Waals surface area contributed by atoms with Gasteiger partial charge in [-0.05, 0) is 29.8 Å². The Bertz CT molecular complexity index is 1080. The van der Waals surface area contributed by atoms with E-state index in [1.807, 2.05) is 0 Å². The standard InChI is InChI=1S/C17H12Cl2N4O4S2/c1-27-14-5-2-9(6-13(14)23(25)26)8-28-17-22-21-16(29-17)20-15(24)11-4-3-10(18)7-12(11)19/h2-7H,8H2,1H3,(H,20,21,24).